The quantitative estimate of drug-likeness (QED) is 0.0771. The van der Waals surface area contributed by atoms with E-state index in [-0.39, 0.29) is 10.6 Å². The Balaban J connectivity index is 1.15. The van der Waals surface area contributed by atoms with E-state index in [1.165, 1.54) is 0 Å². The summed E-state index contributed by atoms with van der Waals surface area (Å²) in [6.07, 6.45) is 0. The molecular formula is C72H36N2O2. The number of nitro benzene ring substituents is 1. The van der Waals surface area contributed by atoms with E-state index >= 15 is 0 Å². The van der Waals surface area contributed by atoms with Crippen LogP contribution in [0.25, 0.3) is 98.0 Å². The van der Waals surface area contributed by atoms with Crippen LogP contribution in [-0.4, -0.2) is 4.92 Å². The highest BCUT2D eigenvalue weighted by Gasteiger charge is 2.20. The van der Waals surface area contributed by atoms with Crippen LogP contribution >= 0.6 is 0 Å². The lowest BCUT2D eigenvalue weighted by Crippen LogP contribution is -1.95. The minimum absolute atomic E-state index is 0.00715. The first kappa shape index (κ1) is 44.7. The normalized spacial score (nSPS) is 11.3. The van der Waals surface area contributed by atoms with Crippen molar-refractivity contribution in [1.29, 1.82) is 0 Å². The fourth-order valence-electron chi connectivity index (χ4n) is 10.7. The third-order valence-electron chi connectivity index (χ3n) is 14.1. The molecule has 13 rings (SSSR count). The van der Waals surface area contributed by atoms with Gasteiger partial charge in [-0.1, -0.05) is 175 Å². The molecule has 0 aromatic heterocycles. The Morgan fingerprint density at radius 3 is 0.868 bits per heavy atom. The van der Waals surface area contributed by atoms with Crippen molar-refractivity contribution < 1.29 is 4.92 Å². The average Bonchev–Trinajstić information content (AvgIpc) is 3.48. The van der Waals surface area contributed by atoms with Gasteiger partial charge in [-0.3, -0.25) is 10.1 Å². The second kappa shape index (κ2) is 18.7. The van der Waals surface area contributed by atoms with Gasteiger partial charge in [0.2, 0.25) is 0 Å². The summed E-state index contributed by atoms with van der Waals surface area (Å²) in [5, 5.41) is 23.7. The zero-order valence-corrected chi connectivity index (χ0v) is 40.5. The van der Waals surface area contributed by atoms with Crippen LogP contribution in [0.4, 0.5) is 11.4 Å². The lowest BCUT2D eigenvalue weighted by Gasteiger charge is -2.15. The monoisotopic (exact) mass is 960 g/mol. The summed E-state index contributed by atoms with van der Waals surface area (Å²) in [6, 6.07) is 68.5. The van der Waals surface area contributed by atoms with E-state index in [9.17, 15) is 10.1 Å². The number of hydrogen-bond donors (Lipinski definition) is 1. The molecule has 0 saturated carbocycles. The second-order valence-corrected chi connectivity index (χ2v) is 18.5. The maximum Gasteiger partial charge on any atom is 0.270 e. The summed E-state index contributed by atoms with van der Waals surface area (Å²) in [5.41, 5.74) is 17.0. The van der Waals surface area contributed by atoms with Gasteiger partial charge in [0, 0.05) is 84.6 Å². The molecule has 76 heavy (non-hydrogen) atoms. The van der Waals surface area contributed by atoms with Crippen LogP contribution in [0.3, 0.4) is 0 Å². The van der Waals surface area contributed by atoms with Gasteiger partial charge in [0.05, 0.1) is 4.92 Å². The number of nitrogens with zero attached hydrogens (tertiary/aromatic N) is 1. The zero-order valence-electron chi connectivity index (χ0n) is 40.5. The Bertz CT molecular complexity index is 4970. The number of anilines is 1. The molecule has 1 aliphatic rings. The molecule has 2 N–H and O–H groups in total. The highest BCUT2D eigenvalue weighted by Crippen LogP contribution is 2.43. The van der Waals surface area contributed by atoms with Crippen LogP contribution in [0.5, 0.6) is 0 Å². The average molecular weight is 961 g/mol. The predicted molar refractivity (Wildman–Crippen MR) is 313 cm³/mol. The number of fused-ring (bicyclic) bond motifs is 21. The van der Waals surface area contributed by atoms with Gasteiger partial charge in [-0.25, -0.2) is 0 Å². The summed E-state index contributed by atoms with van der Waals surface area (Å²) >= 11 is 0. The molecule has 0 radical (unpaired) electrons. The number of nitro groups is 1. The molecule has 0 fully saturated rings. The predicted octanol–water partition coefficient (Wildman–Crippen LogP) is 15.6. The maximum atomic E-state index is 12.1. The summed E-state index contributed by atoms with van der Waals surface area (Å²) in [7, 11) is 0. The van der Waals surface area contributed by atoms with Gasteiger partial charge < -0.3 is 5.73 Å². The van der Waals surface area contributed by atoms with Crippen molar-refractivity contribution in [2.45, 2.75) is 0 Å². The fourth-order valence-corrected chi connectivity index (χ4v) is 10.7. The van der Waals surface area contributed by atoms with E-state index in [0.29, 0.717) is 16.6 Å². The standard InChI is InChI=1S/C72H36N2O2/c73-59-41-43-65-57(45-59)39-37-55-23-5-6-24-56-38-40-58-46-60(74(75)76)42-44-66(58)72(56)70-54(36-32-50-18-10-14-28-64(50)70)22-4-2-20-52-34-30-48-16-8-12-26-62(48)68(52)67-51(33-29-47-15-7-11-25-61(47)67)19-1-3-21-53-35-31-49-17-9-13-27-63(49)69(53)71(55)65/h7-18,25-46H,73H2. The molecule has 0 bridgehead atoms. The van der Waals surface area contributed by atoms with Crippen molar-refractivity contribution in [3.05, 3.63) is 250 Å². The topological polar surface area (TPSA) is 69.2 Å². The largest absolute Gasteiger partial charge is 0.399 e. The minimum Gasteiger partial charge on any atom is -0.399 e. The Morgan fingerprint density at radius 1 is 0.289 bits per heavy atom. The number of nitrogen functional groups attached to an aromatic ring is 1. The van der Waals surface area contributed by atoms with Crippen molar-refractivity contribution in [2.24, 2.45) is 0 Å². The second-order valence-electron chi connectivity index (χ2n) is 18.5. The Hall–Kier alpha value is -11.2. The van der Waals surface area contributed by atoms with Crippen LogP contribution in [0.15, 0.2) is 206 Å². The number of benzene rings is 12. The summed E-state index contributed by atoms with van der Waals surface area (Å²) in [5.74, 6) is 40.3. The SMILES string of the molecule is Nc1ccc2c3c(ccc2c1)C#CC#Cc1ccc2cc([N+](=O)[O-])ccc2c1-c1c(ccc2ccccc12)C#CC#Cc1ccc2ccccc2c1-c1c(ccc2ccccc12)C#CC#Cc1ccc2ccccc2c1-3. The van der Waals surface area contributed by atoms with Crippen LogP contribution in [0.2, 0.25) is 0 Å². The third kappa shape index (κ3) is 7.93. The lowest BCUT2D eigenvalue weighted by molar-refractivity contribution is -0.384. The summed E-state index contributed by atoms with van der Waals surface area (Å²) in [4.78, 5) is 11.7. The van der Waals surface area contributed by atoms with Crippen LogP contribution < -0.4 is 5.73 Å². The molecule has 1 aliphatic carbocycles. The minimum atomic E-state index is -0.374. The maximum absolute atomic E-state index is 12.1. The molecule has 0 spiro atoms. The Kier molecular flexibility index (Phi) is 11.0. The van der Waals surface area contributed by atoms with Crippen LogP contribution in [0, 0.1) is 81.2 Å². The highest BCUT2D eigenvalue weighted by molar-refractivity contribution is 6.13. The van der Waals surface area contributed by atoms with E-state index in [2.05, 4.69) is 174 Å². The smallest absolute Gasteiger partial charge is 0.270 e. The van der Waals surface area contributed by atoms with E-state index in [4.69, 9.17) is 5.73 Å². The molecule has 12 aromatic carbocycles. The zero-order chi connectivity index (χ0) is 51.1. The van der Waals surface area contributed by atoms with Crippen molar-refractivity contribution in [3.63, 3.8) is 0 Å². The van der Waals surface area contributed by atoms with Gasteiger partial charge in [0.15, 0.2) is 0 Å². The summed E-state index contributed by atoms with van der Waals surface area (Å²) in [6.45, 7) is 0. The van der Waals surface area contributed by atoms with Crippen molar-refractivity contribution in [2.75, 3.05) is 5.73 Å². The van der Waals surface area contributed by atoms with E-state index in [1.54, 1.807) is 18.2 Å². The van der Waals surface area contributed by atoms with Gasteiger partial charge in [-0.2, -0.15) is 0 Å². The first-order valence-electron chi connectivity index (χ1n) is 24.6. The molecule has 4 heteroatoms. The van der Waals surface area contributed by atoms with Crippen LogP contribution in [0.1, 0.15) is 33.4 Å². The number of rotatable bonds is 1. The highest BCUT2D eigenvalue weighted by atomic mass is 16.6. The van der Waals surface area contributed by atoms with Gasteiger partial charge in [0.1, 0.15) is 0 Å². The molecule has 0 heterocycles. The molecule has 0 unspecified atom stereocenters. The third-order valence-corrected chi connectivity index (χ3v) is 14.1. The summed E-state index contributed by atoms with van der Waals surface area (Å²) < 4.78 is 0. The molecule has 346 valence electrons. The van der Waals surface area contributed by atoms with Gasteiger partial charge >= 0.3 is 0 Å². The van der Waals surface area contributed by atoms with Gasteiger partial charge in [-0.05, 0) is 155 Å². The lowest BCUT2D eigenvalue weighted by atomic mass is 9.87. The molecule has 0 amide bonds. The Morgan fingerprint density at radius 2 is 0.553 bits per heavy atom. The van der Waals surface area contributed by atoms with E-state index in [0.717, 1.165) is 120 Å². The molecule has 12 aromatic rings. The van der Waals surface area contributed by atoms with Crippen molar-refractivity contribution in [3.8, 4) is 104 Å². The Labute approximate surface area is 438 Å². The van der Waals surface area contributed by atoms with Crippen molar-refractivity contribution >= 4 is 76.0 Å². The fraction of sp³-hybridized carbons (Fsp3) is 0. The first-order chi connectivity index (χ1) is 37.4. The van der Waals surface area contributed by atoms with Gasteiger partial charge in [-0.15, -0.1) is 0 Å². The van der Waals surface area contributed by atoms with Crippen LogP contribution in [-0.2, 0) is 0 Å². The molecular weight excluding hydrogens is 925 g/mol. The molecule has 0 aliphatic heterocycles. The number of non-ortho nitro benzene ring substituents is 1. The number of nitrogens with two attached hydrogens (primary N) is 1. The van der Waals surface area contributed by atoms with E-state index in [1.807, 2.05) is 84.9 Å². The molecule has 0 saturated heterocycles. The first-order valence-corrected chi connectivity index (χ1v) is 24.6. The van der Waals surface area contributed by atoms with Gasteiger partial charge in [0.25, 0.3) is 5.69 Å². The van der Waals surface area contributed by atoms with E-state index < -0.39 is 0 Å². The molecule has 4 nitrogen and oxygen atoms in total. The molecule has 0 atom stereocenters. The number of hydrogen-bond acceptors (Lipinski definition) is 3. The van der Waals surface area contributed by atoms with Crippen molar-refractivity contribution in [1.82, 2.24) is 0 Å².